The van der Waals surface area contributed by atoms with Crippen molar-refractivity contribution in [3.05, 3.63) is 29.8 Å². The smallest absolute Gasteiger partial charge is 0.228 e. The lowest BCUT2D eigenvalue weighted by molar-refractivity contribution is -0.125. The summed E-state index contributed by atoms with van der Waals surface area (Å²) in [5.41, 5.74) is 1.02. The molecule has 160 valence electrons. The molecule has 0 bridgehead atoms. The highest BCUT2D eigenvalue weighted by atomic mass is 32.1. The maximum Gasteiger partial charge on any atom is 0.228 e. The summed E-state index contributed by atoms with van der Waals surface area (Å²) < 4.78 is 5.23. The van der Waals surface area contributed by atoms with E-state index in [0.717, 1.165) is 61.8 Å². The molecule has 1 aromatic carbocycles. The first-order chi connectivity index (χ1) is 14.6. The van der Waals surface area contributed by atoms with Gasteiger partial charge in [0.2, 0.25) is 22.1 Å². The van der Waals surface area contributed by atoms with Crippen molar-refractivity contribution in [3.8, 4) is 5.75 Å². The van der Waals surface area contributed by atoms with Crippen LogP contribution in [-0.2, 0) is 16.1 Å². The van der Waals surface area contributed by atoms with E-state index < -0.39 is 0 Å². The van der Waals surface area contributed by atoms with Gasteiger partial charge in [0.25, 0.3) is 0 Å². The molecule has 2 saturated heterocycles. The fourth-order valence-electron chi connectivity index (χ4n) is 3.90. The number of benzene rings is 1. The van der Waals surface area contributed by atoms with Gasteiger partial charge in [-0.3, -0.25) is 14.5 Å². The third-order valence-electron chi connectivity index (χ3n) is 5.70. The van der Waals surface area contributed by atoms with E-state index in [-0.39, 0.29) is 17.7 Å². The summed E-state index contributed by atoms with van der Waals surface area (Å²) in [5, 5.41) is 13.1. The molecule has 0 unspecified atom stereocenters. The van der Waals surface area contributed by atoms with Crippen molar-refractivity contribution in [2.75, 3.05) is 36.5 Å². The molecular weight excluding hydrogens is 402 g/mol. The Morgan fingerprint density at radius 1 is 1.20 bits per heavy atom. The van der Waals surface area contributed by atoms with Crippen molar-refractivity contribution in [3.63, 3.8) is 0 Å². The van der Waals surface area contributed by atoms with Gasteiger partial charge >= 0.3 is 0 Å². The van der Waals surface area contributed by atoms with Crippen LogP contribution in [-0.4, -0.2) is 48.8 Å². The first-order valence-corrected chi connectivity index (χ1v) is 11.2. The Labute approximate surface area is 180 Å². The van der Waals surface area contributed by atoms with Crippen LogP contribution in [0.3, 0.4) is 0 Å². The summed E-state index contributed by atoms with van der Waals surface area (Å²) in [6.07, 6.45) is 4.11. The number of carbonyl (C=O) groups is 2. The quantitative estimate of drug-likeness (QED) is 0.760. The van der Waals surface area contributed by atoms with Crippen molar-refractivity contribution < 1.29 is 14.3 Å². The largest absolute Gasteiger partial charge is 0.497 e. The molecule has 3 heterocycles. The zero-order chi connectivity index (χ0) is 20.9. The third-order valence-corrected chi connectivity index (χ3v) is 6.70. The lowest BCUT2D eigenvalue weighted by Crippen LogP contribution is -2.40. The van der Waals surface area contributed by atoms with Gasteiger partial charge in [0.1, 0.15) is 5.75 Å². The maximum atomic E-state index is 12.6. The van der Waals surface area contributed by atoms with Gasteiger partial charge in [-0.15, -0.1) is 10.2 Å². The van der Waals surface area contributed by atoms with Crippen molar-refractivity contribution >= 4 is 33.4 Å². The molecule has 0 spiro atoms. The summed E-state index contributed by atoms with van der Waals surface area (Å²) in [7, 11) is 1.64. The van der Waals surface area contributed by atoms with Crippen molar-refractivity contribution in [2.45, 2.75) is 38.6 Å². The Hall–Kier alpha value is -2.68. The van der Waals surface area contributed by atoms with Crippen LogP contribution < -0.4 is 19.9 Å². The van der Waals surface area contributed by atoms with Crippen LogP contribution in [0, 0.1) is 5.92 Å². The van der Waals surface area contributed by atoms with E-state index in [4.69, 9.17) is 4.74 Å². The molecule has 1 N–H and O–H groups in total. The Morgan fingerprint density at radius 2 is 2.00 bits per heavy atom. The van der Waals surface area contributed by atoms with Crippen molar-refractivity contribution in [1.29, 1.82) is 0 Å². The molecule has 9 heteroatoms. The first-order valence-electron chi connectivity index (χ1n) is 10.4. The van der Waals surface area contributed by atoms with Crippen LogP contribution in [0.1, 0.15) is 37.7 Å². The molecule has 2 aliphatic heterocycles. The molecule has 2 aliphatic rings. The molecule has 2 aromatic rings. The summed E-state index contributed by atoms with van der Waals surface area (Å²) in [6.45, 7) is 2.75. The Morgan fingerprint density at radius 3 is 2.77 bits per heavy atom. The molecule has 30 heavy (non-hydrogen) atoms. The molecule has 1 aromatic heterocycles. The van der Waals surface area contributed by atoms with Gasteiger partial charge in [0.05, 0.1) is 7.11 Å². The van der Waals surface area contributed by atoms with E-state index in [1.807, 2.05) is 24.3 Å². The monoisotopic (exact) mass is 429 g/mol. The Balaban J connectivity index is 1.27. The van der Waals surface area contributed by atoms with E-state index in [0.29, 0.717) is 18.1 Å². The topological polar surface area (TPSA) is 87.7 Å². The van der Waals surface area contributed by atoms with Crippen LogP contribution in [0.25, 0.3) is 0 Å². The normalized spacial score (nSPS) is 17.8. The Kier molecular flexibility index (Phi) is 6.47. The molecule has 2 amide bonds. The average molecular weight is 430 g/mol. The van der Waals surface area contributed by atoms with Gasteiger partial charge in [0.15, 0.2) is 0 Å². The van der Waals surface area contributed by atoms with E-state index >= 15 is 0 Å². The molecule has 0 saturated carbocycles. The minimum Gasteiger partial charge on any atom is -0.497 e. The molecule has 0 aliphatic carbocycles. The number of hydrogen-bond donors (Lipinski definition) is 1. The number of rotatable bonds is 6. The van der Waals surface area contributed by atoms with Gasteiger partial charge in [-0.05, 0) is 43.4 Å². The number of amides is 2. The summed E-state index contributed by atoms with van der Waals surface area (Å²) in [6, 6.07) is 7.72. The van der Waals surface area contributed by atoms with Crippen LogP contribution in [0.15, 0.2) is 24.3 Å². The highest BCUT2D eigenvalue weighted by Gasteiger charge is 2.28. The number of piperidine rings is 2. The molecule has 2 fully saturated rings. The highest BCUT2D eigenvalue weighted by Crippen LogP contribution is 2.32. The van der Waals surface area contributed by atoms with Crippen LogP contribution in [0.2, 0.25) is 0 Å². The van der Waals surface area contributed by atoms with Crippen LogP contribution in [0.4, 0.5) is 10.3 Å². The Bertz CT molecular complexity index is 894. The standard InChI is InChI=1S/C21H27N5O3S/c1-29-17-6-4-5-15(13-17)14-22-19(28)16-8-11-25(12-9-16)20-23-24-21(30-20)26-10-3-2-7-18(26)27/h4-6,13,16H,2-3,7-12,14H2,1H3,(H,22,28). The average Bonchev–Trinajstić information content (AvgIpc) is 3.28. The number of aromatic nitrogens is 2. The SMILES string of the molecule is COc1cccc(CNC(=O)C2CCN(c3nnc(N4CCCCC4=O)s3)CC2)c1. The minimum absolute atomic E-state index is 0.00271. The summed E-state index contributed by atoms with van der Waals surface area (Å²) in [4.78, 5) is 28.6. The van der Waals surface area contributed by atoms with Gasteiger partial charge < -0.3 is 15.0 Å². The van der Waals surface area contributed by atoms with Gasteiger partial charge in [-0.1, -0.05) is 23.5 Å². The van der Waals surface area contributed by atoms with Crippen molar-refractivity contribution in [1.82, 2.24) is 15.5 Å². The van der Waals surface area contributed by atoms with Crippen molar-refractivity contribution in [2.24, 2.45) is 5.92 Å². The second kappa shape index (κ2) is 9.42. The molecule has 0 radical (unpaired) electrons. The van der Waals surface area contributed by atoms with Gasteiger partial charge in [-0.2, -0.15) is 0 Å². The molecule has 0 atom stereocenters. The highest BCUT2D eigenvalue weighted by molar-refractivity contribution is 7.19. The number of hydrogen-bond acceptors (Lipinski definition) is 7. The lowest BCUT2D eigenvalue weighted by atomic mass is 9.96. The van der Waals surface area contributed by atoms with Crippen LogP contribution >= 0.6 is 11.3 Å². The molecule has 8 nitrogen and oxygen atoms in total. The predicted molar refractivity (Wildman–Crippen MR) is 116 cm³/mol. The van der Waals surface area contributed by atoms with E-state index in [1.165, 1.54) is 11.3 Å². The summed E-state index contributed by atoms with van der Waals surface area (Å²) in [5.74, 6) is 1.02. The molecule has 4 rings (SSSR count). The second-order valence-electron chi connectivity index (χ2n) is 7.70. The summed E-state index contributed by atoms with van der Waals surface area (Å²) >= 11 is 1.47. The fourth-order valence-corrected chi connectivity index (χ4v) is 4.84. The fraction of sp³-hybridized carbons (Fsp3) is 0.524. The molecular formula is C21H27N5O3S. The minimum atomic E-state index is 0.00271. The zero-order valence-electron chi connectivity index (χ0n) is 17.2. The van der Waals surface area contributed by atoms with Crippen LogP contribution in [0.5, 0.6) is 5.75 Å². The van der Waals surface area contributed by atoms with E-state index in [2.05, 4.69) is 20.4 Å². The third kappa shape index (κ3) is 4.72. The zero-order valence-corrected chi connectivity index (χ0v) is 18.0. The van der Waals surface area contributed by atoms with Gasteiger partial charge in [-0.25, -0.2) is 0 Å². The van der Waals surface area contributed by atoms with E-state index in [1.54, 1.807) is 12.0 Å². The maximum absolute atomic E-state index is 12.6. The number of anilines is 2. The predicted octanol–water partition coefficient (Wildman–Crippen LogP) is 2.60. The number of nitrogens with one attached hydrogen (secondary N) is 1. The number of nitrogens with zero attached hydrogens (tertiary/aromatic N) is 4. The second-order valence-corrected chi connectivity index (χ2v) is 8.63. The first kappa shape index (κ1) is 20.6. The van der Waals surface area contributed by atoms with E-state index in [9.17, 15) is 9.59 Å². The number of ether oxygens (including phenoxy) is 1. The number of carbonyl (C=O) groups excluding carboxylic acids is 2. The van der Waals surface area contributed by atoms with Gasteiger partial charge in [0, 0.05) is 38.5 Å². The lowest BCUT2D eigenvalue weighted by Gasteiger charge is -2.30. The number of methoxy groups -OCH3 is 1.